The van der Waals surface area contributed by atoms with Crippen molar-refractivity contribution in [2.45, 2.75) is 44.7 Å². The van der Waals surface area contributed by atoms with Crippen LogP contribution in [0.4, 0.5) is 4.79 Å². The summed E-state index contributed by atoms with van der Waals surface area (Å²) in [5.41, 5.74) is 1.07. The lowest BCUT2D eigenvalue weighted by molar-refractivity contribution is -0.137. The zero-order valence-electron chi connectivity index (χ0n) is 12.9. The fourth-order valence-corrected chi connectivity index (χ4v) is 2.18. The van der Waals surface area contributed by atoms with Crippen LogP contribution >= 0.6 is 0 Å². The number of aliphatic carboxylic acids is 1. The number of hydrogen-bond donors (Lipinski definition) is 3. The van der Waals surface area contributed by atoms with Gasteiger partial charge >= 0.3 is 12.0 Å². The van der Waals surface area contributed by atoms with Crippen LogP contribution in [-0.4, -0.2) is 29.2 Å². The third-order valence-electron chi connectivity index (χ3n) is 3.26. The predicted molar refractivity (Wildman–Crippen MR) is 86.7 cm³/mol. The van der Waals surface area contributed by atoms with Crippen LogP contribution in [0.2, 0.25) is 0 Å². The molecular formula is C17H24N2O3. The first-order valence-electron chi connectivity index (χ1n) is 7.45. The maximum absolute atomic E-state index is 12.0. The van der Waals surface area contributed by atoms with Crippen molar-refractivity contribution in [3.05, 3.63) is 48.6 Å². The summed E-state index contributed by atoms with van der Waals surface area (Å²) in [4.78, 5) is 22.7. The van der Waals surface area contributed by atoms with Crippen LogP contribution < -0.4 is 10.6 Å². The van der Waals surface area contributed by atoms with Crippen LogP contribution in [0.25, 0.3) is 0 Å². The van der Waals surface area contributed by atoms with Crippen molar-refractivity contribution in [3.8, 4) is 0 Å². The van der Waals surface area contributed by atoms with E-state index in [-0.39, 0.29) is 24.5 Å². The average molecular weight is 304 g/mol. The number of carbonyl (C=O) groups is 2. The highest BCUT2D eigenvalue weighted by Gasteiger charge is 2.15. The van der Waals surface area contributed by atoms with Gasteiger partial charge in [0.05, 0.1) is 0 Å². The summed E-state index contributed by atoms with van der Waals surface area (Å²) in [6.07, 6.45) is 3.47. The van der Waals surface area contributed by atoms with E-state index in [1.807, 2.05) is 37.3 Å². The highest BCUT2D eigenvalue weighted by Crippen LogP contribution is 2.08. The molecule has 0 heterocycles. The molecule has 0 aliphatic heterocycles. The van der Waals surface area contributed by atoms with Gasteiger partial charge in [-0.3, -0.25) is 4.79 Å². The predicted octanol–water partition coefficient (Wildman–Crippen LogP) is 2.73. The maximum Gasteiger partial charge on any atom is 0.315 e. The Morgan fingerprint density at radius 3 is 2.55 bits per heavy atom. The Morgan fingerprint density at radius 2 is 1.95 bits per heavy atom. The molecule has 0 spiro atoms. The minimum atomic E-state index is -0.861. The lowest BCUT2D eigenvalue weighted by Gasteiger charge is -2.20. The minimum absolute atomic E-state index is 0.00523. The summed E-state index contributed by atoms with van der Waals surface area (Å²) in [5, 5.41) is 14.5. The van der Waals surface area contributed by atoms with Gasteiger partial charge < -0.3 is 15.7 Å². The van der Waals surface area contributed by atoms with Gasteiger partial charge in [0.15, 0.2) is 0 Å². The third kappa shape index (κ3) is 7.47. The first kappa shape index (κ1) is 17.8. The summed E-state index contributed by atoms with van der Waals surface area (Å²) in [5.74, 6) is -0.861. The monoisotopic (exact) mass is 304 g/mol. The fraction of sp³-hybridized carbons (Fsp3) is 0.412. The van der Waals surface area contributed by atoms with E-state index in [1.54, 1.807) is 6.08 Å². The van der Waals surface area contributed by atoms with E-state index in [2.05, 4.69) is 17.2 Å². The van der Waals surface area contributed by atoms with E-state index in [4.69, 9.17) is 5.11 Å². The Bertz CT molecular complexity index is 488. The van der Waals surface area contributed by atoms with Crippen molar-refractivity contribution in [2.24, 2.45) is 0 Å². The molecule has 5 heteroatoms. The van der Waals surface area contributed by atoms with Crippen LogP contribution in [0.15, 0.2) is 43.0 Å². The largest absolute Gasteiger partial charge is 0.481 e. The molecule has 3 N–H and O–H groups in total. The van der Waals surface area contributed by atoms with Crippen molar-refractivity contribution < 1.29 is 14.7 Å². The van der Waals surface area contributed by atoms with E-state index in [0.29, 0.717) is 19.3 Å². The lowest BCUT2D eigenvalue weighted by atomic mass is 10.0. The maximum atomic E-state index is 12.0. The van der Waals surface area contributed by atoms with Gasteiger partial charge in [-0.05, 0) is 31.7 Å². The van der Waals surface area contributed by atoms with Crippen LogP contribution in [0.3, 0.4) is 0 Å². The van der Waals surface area contributed by atoms with Crippen molar-refractivity contribution in [3.63, 3.8) is 0 Å². The number of nitrogens with one attached hydrogen (secondary N) is 2. The second-order valence-electron chi connectivity index (χ2n) is 5.36. The Kier molecular flexibility index (Phi) is 7.75. The van der Waals surface area contributed by atoms with Crippen molar-refractivity contribution in [2.75, 3.05) is 0 Å². The number of carboxylic acid groups (broad SMARTS) is 1. The van der Waals surface area contributed by atoms with Gasteiger partial charge in [0.1, 0.15) is 0 Å². The van der Waals surface area contributed by atoms with Crippen LogP contribution in [0, 0.1) is 0 Å². The fourth-order valence-electron chi connectivity index (χ4n) is 2.18. The SMILES string of the molecule is C=CCC(C)NC(=O)NC(CCC(=O)O)Cc1ccccc1. The molecule has 0 saturated heterocycles. The third-order valence-corrected chi connectivity index (χ3v) is 3.26. The van der Waals surface area contributed by atoms with Gasteiger partial charge in [-0.15, -0.1) is 6.58 Å². The number of carbonyl (C=O) groups excluding carboxylic acids is 1. The number of amides is 2. The molecule has 0 fully saturated rings. The first-order chi connectivity index (χ1) is 10.5. The number of benzene rings is 1. The molecule has 5 nitrogen and oxygen atoms in total. The van der Waals surface area contributed by atoms with E-state index >= 15 is 0 Å². The molecule has 2 atom stereocenters. The molecule has 22 heavy (non-hydrogen) atoms. The normalized spacial score (nSPS) is 13.0. The summed E-state index contributed by atoms with van der Waals surface area (Å²) >= 11 is 0. The number of rotatable bonds is 9. The standard InChI is InChI=1S/C17H24N2O3/c1-3-7-13(2)18-17(22)19-15(10-11-16(20)21)12-14-8-5-4-6-9-14/h3-6,8-9,13,15H,1,7,10-12H2,2H3,(H,20,21)(H2,18,19,22). The Labute approximate surface area is 131 Å². The molecule has 120 valence electrons. The van der Waals surface area contributed by atoms with Crippen molar-refractivity contribution in [1.29, 1.82) is 0 Å². The van der Waals surface area contributed by atoms with E-state index in [0.717, 1.165) is 5.56 Å². The number of urea groups is 1. The van der Waals surface area contributed by atoms with E-state index < -0.39 is 5.97 Å². The zero-order chi connectivity index (χ0) is 16.4. The van der Waals surface area contributed by atoms with Gasteiger partial charge in [0.2, 0.25) is 0 Å². The quantitative estimate of drug-likeness (QED) is 0.614. The van der Waals surface area contributed by atoms with Crippen LogP contribution in [0.1, 0.15) is 31.7 Å². The molecule has 0 saturated carbocycles. The first-order valence-corrected chi connectivity index (χ1v) is 7.45. The topological polar surface area (TPSA) is 78.4 Å². The Hall–Kier alpha value is -2.30. The smallest absolute Gasteiger partial charge is 0.315 e. The zero-order valence-corrected chi connectivity index (χ0v) is 12.9. The molecule has 0 aliphatic carbocycles. The van der Waals surface area contributed by atoms with Gasteiger partial charge in [0.25, 0.3) is 0 Å². The molecule has 0 radical (unpaired) electrons. The summed E-state index contributed by atoms with van der Waals surface area (Å²) in [6, 6.07) is 9.21. The second-order valence-corrected chi connectivity index (χ2v) is 5.36. The van der Waals surface area contributed by atoms with Gasteiger partial charge in [-0.25, -0.2) is 4.79 Å². The minimum Gasteiger partial charge on any atom is -0.481 e. The molecule has 0 aromatic heterocycles. The molecule has 2 unspecified atom stereocenters. The van der Waals surface area contributed by atoms with Gasteiger partial charge in [-0.1, -0.05) is 36.4 Å². The Balaban J connectivity index is 2.58. The van der Waals surface area contributed by atoms with Crippen LogP contribution in [0.5, 0.6) is 0 Å². The molecule has 0 bridgehead atoms. The van der Waals surface area contributed by atoms with Crippen molar-refractivity contribution in [1.82, 2.24) is 10.6 Å². The van der Waals surface area contributed by atoms with E-state index in [1.165, 1.54) is 0 Å². The van der Waals surface area contributed by atoms with Crippen LogP contribution in [-0.2, 0) is 11.2 Å². The molecule has 2 amide bonds. The Morgan fingerprint density at radius 1 is 1.27 bits per heavy atom. The number of hydrogen-bond acceptors (Lipinski definition) is 2. The summed E-state index contributed by atoms with van der Waals surface area (Å²) in [6.45, 7) is 5.53. The van der Waals surface area contributed by atoms with E-state index in [9.17, 15) is 9.59 Å². The average Bonchev–Trinajstić information content (AvgIpc) is 2.46. The molecular weight excluding hydrogens is 280 g/mol. The van der Waals surface area contributed by atoms with Crippen molar-refractivity contribution >= 4 is 12.0 Å². The highest BCUT2D eigenvalue weighted by molar-refractivity contribution is 5.74. The lowest BCUT2D eigenvalue weighted by Crippen LogP contribution is -2.46. The summed E-state index contributed by atoms with van der Waals surface area (Å²) < 4.78 is 0. The molecule has 1 aromatic carbocycles. The molecule has 1 rings (SSSR count). The van der Waals surface area contributed by atoms with Gasteiger partial charge in [0, 0.05) is 18.5 Å². The van der Waals surface area contributed by atoms with Gasteiger partial charge in [-0.2, -0.15) is 0 Å². The number of carboxylic acids is 1. The molecule has 0 aliphatic rings. The highest BCUT2D eigenvalue weighted by atomic mass is 16.4. The summed E-state index contributed by atoms with van der Waals surface area (Å²) in [7, 11) is 0. The molecule has 1 aromatic rings. The second kappa shape index (κ2) is 9.60.